The van der Waals surface area contributed by atoms with Crippen LogP contribution in [0.25, 0.3) is 0 Å². The maximum Gasteiger partial charge on any atom is 0.115 e. The fraction of sp³-hybridized carbons (Fsp3) is 0.250. The van der Waals surface area contributed by atoms with Crippen LogP contribution in [0.1, 0.15) is 11.3 Å². The summed E-state index contributed by atoms with van der Waals surface area (Å²) in [7, 11) is 0. The lowest BCUT2D eigenvalue weighted by Gasteiger charge is -2.04. The summed E-state index contributed by atoms with van der Waals surface area (Å²) in [5.41, 5.74) is 2.22. The molecule has 16 heavy (non-hydrogen) atoms. The van der Waals surface area contributed by atoms with E-state index in [4.69, 9.17) is 0 Å². The number of H-pyrrole nitrogens is 1. The van der Waals surface area contributed by atoms with Gasteiger partial charge in [0.2, 0.25) is 0 Å². The summed E-state index contributed by atoms with van der Waals surface area (Å²) in [5.74, 6) is 0.313. The molecule has 1 aromatic heterocycles. The molecule has 0 atom stereocenters. The van der Waals surface area contributed by atoms with Gasteiger partial charge in [0.05, 0.1) is 6.33 Å². The van der Waals surface area contributed by atoms with Crippen molar-refractivity contribution in [2.24, 2.45) is 0 Å². The van der Waals surface area contributed by atoms with Crippen LogP contribution in [0.5, 0.6) is 5.75 Å². The second-order valence-electron chi connectivity index (χ2n) is 3.67. The van der Waals surface area contributed by atoms with Crippen LogP contribution < -0.4 is 5.32 Å². The monoisotopic (exact) mass is 217 g/mol. The van der Waals surface area contributed by atoms with E-state index in [0.29, 0.717) is 5.75 Å². The number of imidazole rings is 1. The van der Waals surface area contributed by atoms with Crippen LogP contribution in [0.3, 0.4) is 0 Å². The highest BCUT2D eigenvalue weighted by atomic mass is 16.3. The summed E-state index contributed by atoms with van der Waals surface area (Å²) < 4.78 is 0. The Kier molecular flexibility index (Phi) is 3.56. The number of rotatable bonds is 5. The minimum Gasteiger partial charge on any atom is -0.508 e. The van der Waals surface area contributed by atoms with Gasteiger partial charge in [0, 0.05) is 31.4 Å². The molecule has 0 saturated carbocycles. The molecule has 1 heterocycles. The summed E-state index contributed by atoms with van der Waals surface area (Å²) in [5, 5.41) is 12.6. The molecule has 0 radical (unpaired) electrons. The first-order valence-corrected chi connectivity index (χ1v) is 5.30. The quantitative estimate of drug-likeness (QED) is 0.664. The Bertz CT molecular complexity index is 426. The number of hydrogen-bond donors (Lipinski definition) is 3. The van der Waals surface area contributed by atoms with Crippen LogP contribution in [-0.2, 0) is 13.0 Å². The van der Waals surface area contributed by atoms with Gasteiger partial charge in [0.15, 0.2) is 0 Å². The van der Waals surface area contributed by atoms with Crippen molar-refractivity contribution in [3.63, 3.8) is 0 Å². The lowest BCUT2D eigenvalue weighted by molar-refractivity contribution is 0.474. The first-order chi connectivity index (χ1) is 7.84. The molecule has 3 N–H and O–H groups in total. The highest BCUT2D eigenvalue weighted by Gasteiger charge is 1.95. The molecule has 2 rings (SSSR count). The van der Waals surface area contributed by atoms with E-state index in [-0.39, 0.29) is 0 Å². The third-order valence-electron chi connectivity index (χ3n) is 2.37. The summed E-state index contributed by atoms with van der Waals surface area (Å²) in [6, 6.07) is 7.28. The minimum absolute atomic E-state index is 0.313. The largest absolute Gasteiger partial charge is 0.508 e. The van der Waals surface area contributed by atoms with Crippen LogP contribution >= 0.6 is 0 Å². The lowest BCUT2D eigenvalue weighted by Crippen LogP contribution is -2.16. The van der Waals surface area contributed by atoms with E-state index in [0.717, 1.165) is 30.8 Å². The highest BCUT2D eigenvalue weighted by Crippen LogP contribution is 2.10. The maximum absolute atomic E-state index is 9.28. The van der Waals surface area contributed by atoms with Crippen molar-refractivity contribution < 1.29 is 5.11 Å². The van der Waals surface area contributed by atoms with E-state index >= 15 is 0 Å². The number of hydrogen-bond acceptors (Lipinski definition) is 3. The highest BCUT2D eigenvalue weighted by molar-refractivity contribution is 5.26. The van der Waals surface area contributed by atoms with E-state index in [1.54, 1.807) is 18.5 Å². The SMILES string of the molecule is Oc1cccc(CNCCc2cnc[nH]2)c1. The molecule has 4 heteroatoms. The van der Waals surface area contributed by atoms with Gasteiger partial charge in [-0.1, -0.05) is 12.1 Å². The molecule has 84 valence electrons. The summed E-state index contributed by atoms with van der Waals surface area (Å²) >= 11 is 0. The minimum atomic E-state index is 0.313. The van der Waals surface area contributed by atoms with Crippen molar-refractivity contribution in [1.82, 2.24) is 15.3 Å². The van der Waals surface area contributed by atoms with Crippen molar-refractivity contribution >= 4 is 0 Å². The second kappa shape index (κ2) is 5.32. The zero-order valence-electron chi connectivity index (χ0n) is 8.98. The van der Waals surface area contributed by atoms with Crippen molar-refractivity contribution in [2.45, 2.75) is 13.0 Å². The Morgan fingerprint density at radius 1 is 1.38 bits per heavy atom. The molecule has 0 amide bonds. The average Bonchev–Trinajstić information content (AvgIpc) is 2.77. The number of aromatic amines is 1. The molecular formula is C12H15N3O. The fourth-order valence-corrected chi connectivity index (χ4v) is 1.54. The Hall–Kier alpha value is -1.81. The molecule has 0 unspecified atom stereocenters. The number of nitrogens with zero attached hydrogens (tertiary/aromatic N) is 1. The van der Waals surface area contributed by atoms with Gasteiger partial charge >= 0.3 is 0 Å². The smallest absolute Gasteiger partial charge is 0.115 e. The number of benzene rings is 1. The number of aromatic hydroxyl groups is 1. The maximum atomic E-state index is 9.28. The second-order valence-corrected chi connectivity index (χ2v) is 3.67. The number of nitrogens with one attached hydrogen (secondary N) is 2. The summed E-state index contributed by atoms with van der Waals surface area (Å²) in [6.07, 6.45) is 4.44. The van der Waals surface area contributed by atoms with E-state index in [2.05, 4.69) is 15.3 Å². The van der Waals surface area contributed by atoms with E-state index in [1.165, 1.54) is 0 Å². The molecule has 4 nitrogen and oxygen atoms in total. The Labute approximate surface area is 94.4 Å². The van der Waals surface area contributed by atoms with Crippen LogP contribution in [0.2, 0.25) is 0 Å². The molecule has 0 spiro atoms. The molecule has 0 fully saturated rings. The molecular weight excluding hydrogens is 202 g/mol. The van der Waals surface area contributed by atoms with Crippen molar-refractivity contribution in [3.8, 4) is 5.75 Å². The topological polar surface area (TPSA) is 60.9 Å². The first-order valence-electron chi connectivity index (χ1n) is 5.30. The van der Waals surface area contributed by atoms with Gasteiger partial charge in [-0.05, 0) is 17.7 Å². The van der Waals surface area contributed by atoms with E-state index < -0.39 is 0 Å². The number of aromatic nitrogens is 2. The molecule has 1 aromatic carbocycles. The Morgan fingerprint density at radius 2 is 2.31 bits per heavy atom. The predicted molar refractivity (Wildman–Crippen MR) is 62.1 cm³/mol. The first kappa shape index (κ1) is 10.7. The van der Waals surface area contributed by atoms with Crippen molar-refractivity contribution in [1.29, 1.82) is 0 Å². The average molecular weight is 217 g/mol. The van der Waals surface area contributed by atoms with Crippen LogP contribution in [0.4, 0.5) is 0 Å². The predicted octanol–water partition coefficient (Wildman–Crippen LogP) is 1.45. The molecule has 0 saturated heterocycles. The van der Waals surface area contributed by atoms with Gasteiger partial charge in [-0.2, -0.15) is 0 Å². The number of phenolic OH excluding ortho intramolecular Hbond substituents is 1. The Morgan fingerprint density at radius 3 is 3.06 bits per heavy atom. The van der Waals surface area contributed by atoms with Gasteiger partial charge in [-0.25, -0.2) is 4.98 Å². The lowest BCUT2D eigenvalue weighted by atomic mass is 10.2. The third-order valence-corrected chi connectivity index (χ3v) is 2.37. The van der Waals surface area contributed by atoms with Gasteiger partial charge in [0.25, 0.3) is 0 Å². The molecule has 2 aromatic rings. The van der Waals surface area contributed by atoms with E-state index in [1.807, 2.05) is 18.3 Å². The Balaban J connectivity index is 1.72. The molecule has 0 aliphatic carbocycles. The van der Waals surface area contributed by atoms with Gasteiger partial charge in [-0.15, -0.1) is 0 Å². The van der Waals surface area contributed by atoms with Crippen molar-refractivity contribution in [2.75, 3.05) is 6.54 Å². The zero-order valence-corrected chi connectivity index (χ0v) is 8.98. The van der Waals surface area contributed by atoms with Crippen LogP contribution in [0.15, 0.2) is 36.8 Å². The standard InChI is InChI=1S/C12H15N3O/c16-12-3-1-2-10(6-12)7-13-5-4-11-8-14-9-15-11/h1-3,6,8-9,13,16H,4-5,7H2,(H,14,15). The molecule has 0 aliphatic heterocycles. The number of phenols is 1. The summed E-state index contributed by atoms with van der Waals surface area (Å²) in [4.78, 5) is 7.01. The third kappa shape index (κ3) is 3.10. The van der Waals surface area contributed by atoms with Crippen molar-refractivity contribution in [3.05, 3.63) is 48.0 Å². The summed E-state index contributed by atoms with van der Waals surface area (Å²) in [6.45, 7) is 1.65. The normalized spacial score (nSPS) is 10.5. The molecule has 0 aliphatic rings. The van der Waals surface area contributed by atoms with Crippen LogP contribution in [0, 0.1) is 0 Å². The van der Waals surface area contributed by atoms with E-state index in [9.17, 15) is 5.11 Å². The molecule has 0 bridgehead atoms. The zero-order chi connectivity index (χ0) is 11.2. The van der Waals surface area contributed by atoms with Gasteiger partial charge in [-0.3, -0.25) is 0 Å². The van der Waals surface area contributed by atoms with Crippen LogP contribution in [-0.4, -0.2) is 21.6 Å². The van der Waals surface area contributed by atoms with Gasteiger partial charge in [0.1, 0.15) is 5.75 Å². The van der Waals surface area contributed by atoms with Gasteiger partial charge < -0.3 is 15.4 Å². The fourth-order valence-electron chi connectivity index (χ4n) is 1.54.